The number of non-ortho nitro benzene ring substituents is 1. The first-order valence-electron chi connectivity index (χ1n) is 7.28. The van der Waals surface area contributed by atoms with Gasteiger partial charge in [0.2, 0.25) is 0 Å². The van der Waals surface area contributed by atoms with E-state index in [1.54, 1.807) is 0 Å². The molecule has 0 unspecified atom stereocenters. The van der Waals surface area contributed by atoms with E-state index in [0.29, 0.717) is 11.8 Å². The van der Waals surface area contributed by atoms with Gasteiger partial charge in [-0.3, -0.25) is 14.9 Å². The first-order valence-corrected chi connectivity index (χ1v) is 7.65. The highest BCUT2D eigenvalue weighted by Gasteiger charge is 2.32. The predicted octanol–water partition coefficient (Wildman–Crippen LogP) is 3.51. The zero-order chi connectivity index (χ0) is 15.0. The molecule has 112 valence electrons. The van der Waals surface area contributed by atoms with Crippen LogP contribution in [0.2, 0.25) is 5.02 Å². The number of carbonyl (C=O) groups is 1. The molecule has 3 rings (SSSR count). The average molecular weight is 309 g/mol. The van der Waals surface area contributed by atoms with E-state index in [0.717, 1.165) is 38.8 Å². The van der Waals surface area contributed by atoms with Gasteiger partial charge < -0.3 is 4.90 Å². The summed E-state index contributed by atoms with van der Waals surface area (Å²) in [5.74, 6) is 0.998. The Morgan fingerprint density at radius 1 is 1.24 bits per heavy atom. The Morgan fingerprint density at radius 2 is 1.81 bits per heavy atom. The summed E-state index contributed by atoms with van der Waals surface area (Å²) in [6, 6.07) is 4.04. The third-order valence-corrected chi connectivity index (χ3v) is 4.36. The third-order valence-electron chi connectivity index (χ3n) is 4.03. The second kappa shape index (κ2) is 5.64. The minimum Gasteiger partial charge on any atom is -0.338 e. The quantitative estimate of drug-likeness (QED) is 0.596. The fraction of sp³-hybridized carbons (Fsp3) is 0.533. The number of halogens is 1. The molecule has 1 aromatic carbocycles. The fourth-order valence-electron chi connectivity index (χ4n) is 2.43. The van der Waals surface area contributed by atoms with E-state index in [1.165, 1.54) is 18.2 Å². The normalized spacial score (nSPS) is 17.6. The Bertz CT molecular complexity index is 568. The largest absolute Gasteiger partial charge is 0.338 e. The monoisotopic (exact) mass is 308 g/mol. The molecule has 2 aliphatic rings. The van der Waals surface area contributed by atoms with E-state index in [2.05, 4.69) is 0 Å². The number of nitro groups is 1. The second-order valence-corrected chi connectivity index (χ2v) is 6.43. The maximum absolute atomic E-state index is 12.7. The summed E-state index contributed by atoms with van der Waals surface area (Å²) in [6.45, 7) is 1.49. The molecule has 0 saturated heterocycles. The number of hydrogen-bond acceptors (Lipinski definition) is 3. The molecule has 2 saturated carbocycles. The van der Waals surface area contributed by atoms with Crippen LogP contribution >= 0.6 is 11.6 Å². The molecule has 1 amide bonds. The van der Waals surface area contributed by atoms with Crippen molar-refractivity contribution in [1.29, 1.82) is 0 Å². The lowest BCUT2D eigenvalue weighted by Gasteiger charge is -2.23. The standard InChI is InChI=1S/C15H17ClN2O3/c16-14-6-5-12(18(20)21)7-13(14)15(19)17(8-10-1-2-10)9-11-3-4-11/h5-7,10-11H,1-4,8-9H2. The lowest BCUT2D eigenvalue weighted by molar-refractivity contribution is -0.384. The van der Waals surface area contributed by atoms with Crippen molar-refractivity contribution in [2.45, 2.75) is 25.7 Å². The van der Waals surface area contributed by atoms with E-state index in [1.807, 2.05) is 4.90 Å². The average Bonchev–Trinajstić information content (AvgIpc) is 3.32. The van der Waals surface area contributed by atoms with Crippen LogP contribution in [0.15, 0.2) is 18.2 Å². The first-order chi connectivity index (χ1) is 10.0. The van der Waals surface area contributed by atoms with Crippen LogP contribution in [0.1, 0.15) is 36.0 Å². The zero-order valence-electron chi connectivity index (χ0n) is 11.6. The third kappa shape index (κ3) is 3.53. The summed E-state index contributed by atoms with van der Waals surface area (Å²) < 4.78 is 0. The summed E-state index contributed by atoms with van der Waals surface area (Å²) in [7, 11) is 0. The number of nitro benzene ring substituents is 1. The number of nitrogens with zero attached hydrogens (tertiary/aromatic N) is 2. The summed E-state index contributed by atoms with van der Waals surface area (Å²) in [4.78, 5) is 24.9. The maximum atomic E-state index is 12.7. The van der Waals surface area contributed by atoms with Crippen molar-refractivity contribution in [1.82, 2.24) is 4.90 Å². The predicted molar refractivity (Wildman–Crippen MR) is 79.5 cm³/mol. The Balaban J connectivity index is 1.82. The smallest absolute Gasteiger partial charge is 0.270 e. The number of rotatable bonds is 6. The van der Waals surface area contributed by atoms with Crippen molar-refractivity contribution in [2.75, 3.05) is 13.1 Å². The second-order valence-electron chi connectivity index (χ2n) is 6.02. The summed E-state index contributed by atoms with van der Waals surface area (Å²) in [5, 5.41) is 11.1. The minimum absolute atomic E-state index is 0.0967. The van der Waals surface area contributed by atoms with Crippen LogP contribution in [-0.2, 0) is 0 Å². The number of benzene rings is 1. The Morgan fingerprint density at radius 3 is 2.29 bits per heavy atom. The molecule has 6 heteroatoms. The van der Waals surface area contributed by atoms with Gasteiger partial charge in [0, 0.05) is 25.2 Å². The van der Waals surface area contributed by atoms with Crippen LogP contribution in [0.5, 0.6) is 0 Å². The molecule has 2 fully saturated rings. The highest BCUT2D eigenvalue weighted by atomic mass is 35.5. The van der Waals surface area contributed by atoms with Gasteiger partial charge in [-0.2, -0.15) is 0 Å². The van der Waals surface area contributed by atoms with E-state index in [-0.39, 0.29) is 22.2 Å². The van der Waals surface area contributed by atoms with Gasteiger partial charge in [-0.1, -0.05) is 11.6 Å². The van der Waals surface area contributed by atoms with Crippen molar-refractivity contribution in [3.8, 4) is 0 Å². The fourth-order valence-corrected chi connectivity index (χ4v) is 2.62. The Hall–Kier alpha value is -1.62. The van der Waals surface area contributed by atoms with Crippen molar-refractivity contribution in [2.24, 2.45) is 11.8 Å². The van der Waals surface area contributed by atoms with Crippen LogP contribution in [0, 0.1) is 22.0 Å². The lowest BCUT2D eigenvalue weighted by atomic mass is 10.1. The molecule has 5 nitrogen and oxygen atoms in total. The molecule has 0 radical (unpaired) electrons. The molecular weight excluding hydrogens is 292 g/mol. The number of carbonyl (C=O) groups excluding carboxylic acids is 1. The van der Waals surface area contributed by atoms with Crippen molar-refractivity contribution < 1.29 is 9.72 Å². The van der Waals surface area contributed by atoms with Gasteiger partial charge in [0.25, 0.3) is 11.6 Å². The van der Waals surface area contributed by atoms with Crippen molar-refractivity contribution >= 4 is 23.2 Å². The Labute approximate surface area is 128 Å². The van der Waals surface area contributed by atoms with Crippen molar-refractivity contribution in [3.63, 3.8) is 0 Å². The summed E-state index contributed by atoms with van der Waals surface area (Å²) >= 11 is 6.07. The number of amides is 1. The van der Waals surface area contributed by atoms with Crippen LogP contribution in [-0.4, -0.2) is 28.8 Å². The lowest BCUT2D eigenvalue weighted by Crippen LogP contribution is -2.35. The van der Waals surface area contributed by atoms with Gasteiger partial charge in [0.1, 0.15) is 0 Å². The van der Waals surface area contributed by atoms with E-state index < -0.39 is 4.92 Å². The molecule has 0 heterocycles. The van der Waals surface area contributed by atoms with Gasteiger partial charge in [-0.05, 0) is 43.6 Å². The zero-order valence-corrected chi connectivity index (χ0v) is 12.4. The molecule has 2 aliphatic carbocycles. The summed E-state index contributed by atoms with van der Waals surface area (Å²) in [6.07, 6.45) is 4.66. The van der Waals surface area contributed by atoms with Crippen LogP contribution in [0.4, 0.5) is 5.69 Å². The van der Waals surface area contributed by atoms with Gasteiger partial charge in [-0.15, -0.1) is 0 Å². The van der Waals surface area contributed by atoms with Crippen LogP contribution in [0.25, 0.3) is 0 Å². The molecule has 0 bridgehead atoms. The van der Waals surface area contributed by atoms with Gasteiger partial charge in [0.05, 0.1) is 15.5 Å². The molecule has 0 atom stereocenters. The molecule has 0 aliphatic heterocycles. The summed E-state index contributed by atoms with van der Waals surface area (Å²) in [5.41, 5.74) is 0.146. The van der Waals surface area contributed by atoms with E-state index in [4.69, 9.17) is 11.6 Å². The topological polar surface area (TPSA) is 63.4 Å². The molecule has 0 N–H and O–H groups in total. The van der Waals surface area contributed by atoms with Gasteiger partial charge in [0.15, 0.2) is 0 Å². The van der Waals surface area contributed by atoms with E-state index in [9.17, 15) is 14.9 Å². The Kier molecular flexibility index (Phi) is 3.85. The molecule has 0 aromatic heterocycles. The van der Waals surface area contributed by atoms with Gasteiger partial charge in [-0.25, -0.2) is 0 Å². The SMILES string of the molecule is O=C(c1cc([N+](=O)[O-])ccc1Cl)N(CC1CC1)CC1CC1. The van der Waals surface area contributed by atoms with E-state index >= 15 is 0 Å². The minimum atomic E-state index is -0.501. The first kappa shape index (κ1) is 14.3. The van der Waals surface area contributed by atoms with Crippen LogP contribution < -0.4 is 0 Å². The molecule has 1 aromatic rings. The molecule has 21 heavy (non-hydrogen) atoms. The van der Waals surface area contributed by atoms with Gasteiger partial charge >= 0.3 is 0 Å². The number of hydrogen-bond donors (Lipinski definition) is 0. The van der Waals surface area contributed by atoms with Crippen LogP contribution in [0.3, 0.4) is 0 Å². The molecule has 0 spiro atoms. The molecular formula is C15H17ClN2O3. The highest BCUT2D eigenvalue weighted by Crippen LogP contribution is 2.35. The highest BCUT2D eigenvalue weighted by molar-refractivity contribution is 6.33. The maximum Gasteiger partial charge on any atom is 0.270 e. The van der Waals surface area contributed by atoms with Crippen molar-refractivity contribution in [3.05, 3.63) is 38.9 Å².